The van der Waals surface area contributed by atoms with E-state index in [1.165, 1.54) is 12.1 Å². The van der Waals surface area contributed by atoms with Crippen LogP contribution >= 0.6 is 0 Å². The summed E-state index contributed by atoms with van der Waals surface area (Å²) in [6, 6.07) is 6.32. The Balaban J connectivity index is 1.85. The van der Waals surface area contributed by atoms with Crippen LogP contribution in [0.15, 0.2) is 24.3 Å². The molecule has 1 aliphatic rings. The first-order valence-corrected chi connectivity index (χ1v) is 6.94. The highest BCUT2D eigenvalue weighted by atomic mass is 19.4. The summed E-state index contributed by atoms with van der Waals surface area (Å²) in [6.45, 7) is 1.95. The smallest absolute Gasteiger partial charge is 0.307 e. The van der Waals surface area contributed by atoms with Gasteiger partial charge in [-0.25, -0.2) is 4.39 Å². The van der Waals surface area contributed by atoms with Gasteiger partial charge in [-0.3, -0.25) is 0 Å². The predicted molar refractivity (Wildman–Crippen MR) is 69.8 cm³/mol. The molecule has 1 aliphatic carbocycles. The van der Waals surface area contributed by atoms with Gasteiger partial charge in [-0.2, -0.15) is 13.2 Å². The highest BCUT2D eigenvalue weighted by Crippen LogP contribution is 2.37. The fraction of sp³-hybridized carbons (Fsp3) is 0.600. The third kappa shape index (κ3) is 3.95. The van der Waals surface area contributed by atoms with E-state index in [2.05, 4.69) is 5.32 Å². The standard InChI is InChI=1S/C15H19F4N/c1-10(11-2-6-13(16)7-3-11)20-14-8-4-12(5-9-14)15(17,18)19/h2-3,6-7,10,12,14,20H,4-5,8-9H2,1H3/t10-,12?,14?/m1/s1. The van der Waals surface area contributed by atoms with Crippen LogP contribution in [0.2, 0.25) is 0 Å². The Hall–Kier alpha value is -1.10. The summed E-state index contributed by atoms with van der Waals surface area (Å²) in [7, 11) is 0. The molecule has 0 unspecified atom stereocenters. The van der Waals surface area contributed by atoms with Gasteiger partial charge in [0, 0.05) is 12.1 Å². The van der Waals surface area contributed by atoms with Crippen molar-refractivity contribution in [3.63, 3.8) is 0 Å². The zero-order chi connectivity index (χ0) is 14.8. The van der Waals surface area contributed by atoms with Crippen LogP contribution in [0.5, 0.6) is 0 Å². The normalized spacial score (nSPS) is 25.4. The van der Waals surface area contributed by atoms with Crippen LogP contribution in [0.25, 0.3) is 0 Å². The molecule has 0 aromatic heterocycles. The van der Waals surface area contributed by atoms with E-state index in [0.717, 1.165) is 5.56 Å². The lowest BCUT2D eigenvalue weighted by Gasteiger charge is -2.32. The van der Waals surface area contributed by atoms with Crippen molar-refractivity contribution in [3.05, 3.63) is 35.6 Å². The Bertz CT molecular complexity index is 418. The third-order valence-electron chi connectivity index (χ3n) is 4.05. The van der Waals surface area contributed by atoms with Crippen LogP contribution in [0, 0.1) is 11.7 Å². The maximum absolute atomic E-state index is 12.8. The molecule has 0 spiro atoms. The molecule has 0 amide bonds. The Labute approximate surface area is 116 Å². The number of rotatable bonds is 3. The monoisotopic (exact) mass is 289 g/mol. The van der Waals surface area contributed by atoms with Crippen LogP contribution in [0.4, 0.5) is 17.6 Å². The van der Waals surface area contributed by atoms with Crippen molar-refractivity contribution in [2.75, 3.05) is 0 Å². The SMILES string of the molecule is C[C@@H](NC1CCC(C(F)(F)F)CC1)c1ccc(F)cc1. The van der Waals surface area contributed by atoms with Crippen molar-refractivity contribution in [3.8, 4) is 0 Å². The van der Waals surface area contributed by atoms with Crippen LogP contribution in [0.3, 0.4) is 0 Å². The Morgan fingerprint density at radius 2 is 1.60 bits per heavy atom. The fourth-order valence-electron chi connectivity index (χ4n) is 2.79. The number of hydrogen-bond acceptors (Lipinski definition) is 1. The minimum atomic E-state index is -4.06. The zero-order valence-electron chi connectivity index (χ0n) is 11.4. The molecule has 1 atom stereocenters. The maximum Gasteiger partial charge on any atom is 0.391 e. The minimum Gasteiger partial charge on any atom is -0.307 e. The predicted octanol–water partition coefficient (Wildman–Crippen LogP) is 4.60. The second-order valence-electron chi connectivity index (χ2n) is 5.53. The molecule has 5 heteroatoms. The van der Waals surface area contributed by atoms with Gasteiger partial charge in [0.25, 0.3) is 0 Å². The van der Waals surface area contributed by atoms with E-state index in [0.29, 0.717) is 12.8 Å². The molecule has 0 bridgehead atoms. The van der Waals surface area contributed by atoms with Crippen molar-refractivity contribution < 1.29 is 17.6 Å². The average Bonchev–Trinajstić information content (AvgIpc) is 2.39. The molecule has 0 radical (unpaired) electrons. The molecule has 0 saturated heterocycles. The molecule has 1 nitrogen and oxygen atoms in total. The Kier molecular flexibility index (Phi) is 4.68. The topological polar surface area (TPSA) is 12.0 Å². The largest absolute Gasteiger partial charge is 0.391 e. The molecule has 1 saturated carbocycles. The van der Waals surface area contributed by atoms with Gasteiger partial charge in [0.2, 0.25) is 0 Å². The Morgan fingerprint density at radius 3 is 2.10 bits per heavy atom. The first-order chi connectivity index (χ1) is 9.36. The molecule has 1 aromatic carbocycles. The molecule has 0 heterocycles. The highest BCUT2D eigenvalue weighted by molar-refractivity contribution is 5.19. The number of benzene rings is 1. The molecule has 1 N–H and O–H groups in total. The van der Waals surface area contributed by atoms with E-state index >= 15 is 0 Å². The van der Waals surface area contributed by atoms with Gasteiger partial charge in [0.1, 0.15) is 5.82 Å². The fourth-order valence-corrected chi connectivity index (χ4v) is 2.79. The Morgan fingerprint density at radius 1 is 1.05 bits per heavy atom. The quantitative estimate of drug-likeness (QED) is 0.802. The molecule has 1 fully saturated rings. The van der Waals surface area contributed by atoms with E-state index < -0.39 is 12.1 Å². The van der Waals surface area contributed by atoms with Gasteiger partial charge < -0.3 is 5.32 Å². The minimum absolute atomic E-state index is 0.0167. The second kappa shape index (κ2) is 6.12. The van der Waals surface area contributed by atoms with Gasteiger partial charge in [-0.15, -0.1) is 0 Å². The van der Waals surface area contributed by atoms with E-state index in [4.69, 9.17) is 0 Å². The summed E-state index contributed by atoms with van der Waals surface area (Å²) in [5, 5.41) is 3.34. The number of halogens is 4. The summed E-state index contributed by atoms with van der Waals surface area (Å²) >= 11 is 0. The number of hydrogen-bond donors (Lipinski definition) is 1. The number of nitrogens with one attached hydrogen (secondary N) is 1. The van der Waals surface area contributed by atoms with Gasteiger partial charge in [-0.1, -0.05) is 12.1 Å². The van der Waals surface area contributed by atoms with Crippen molar-refractivity contribution in [2.45, 2.75) is 50.9 Å². The van der Waals surface area contributed by atoms with Gasteiger partial charge in [0.15, 0.2) is 0 Å². The first kappa shape index (κ1) is 15.3. The van der Waals surface area contributed by atoms with Crippen LogP contribution in [-0.2, 0) is 0 Å². The highest BCUT2D eigenvalue weighted by Gasteiger charge is 2.41. The van der Waals surface area contributed by atoms with Gasteiger partial charge in [0.05, 0.1) is 5.92 Å². The summed E-state index contributed by atoms with van der Waals surface area (Å²) in [6.07, 6.45) is -2.60. The van der Waals surface area contributed by atoms with Gasteiger partial charge >= 0.3 is 6.18 Å². The summed E-state index contributed by atoms with van der Waals surface area (Å²) < 4.78 is 50.6. The summed E-state index contributed by atoms with van der Waals surface area (Å²) in [4.78, 5) is 0. The van der Waals surface area contributed by atoms with Crippen molar-refractivity contribution >= 4 is 0 Å². The molecule has 112 valence electrons. The zero-order valence-corrected chi connectivity index (χ0v) is 11.4. The van der Waals surface area contributed by atoms with E-state index in [1.54, 1.807) is 12.1 Å². The maximum atomic E-state index is 12.8. The lowest BCUT2D eigenvalue weighted by Crippen LogP contribution is -2.38. The molecule has 20 heavy (non-hydrogen) atoms. The molecular weight excluding hydrogens is 270 g/mol. The average molecular weight is 289 g/mol. The second-order valence-corrected chi connectivity index (χ2v) is 5.53. The lowest BCUT2D eigenvalue weighted by molar-refractivity contribution is -0.182. The van der Waals surface area contributed by atoms with Crippen LogP contribution < -0.4 is 5.32 Å². The summed E-state index contributed by atoms with van der Waals surface area (Å²) in [5.74, 6) is -1.44. The van der Waals surface area contributed by atoms with Gasteiger partial charge in [-0.05, 0) is 50.3 Å². The van der Waals surface area contributed by atoms with E-state index in [-0.39, 0.29) is 30.7 Å². The van der Waals surface area contributed by atoms with Crippen LogP contribution in [0.1, 0.15) is 44.2 Å². The van der Waals surface area contributed by atoms with E-state index in [1.807, 2.05) is 6.92 Å². The van der Waals surface area contributed by atoms with Crippen molar-refractivity contribution in [1.82, 2.24) is 5.32 Å². The molecule has 0 aliphatic heterocycles. The van der Waals surface area contributed by atoms with E-state index in [9.17, 15) is 17.6 Å². The van der Waals surface area contributed by atoms with Crippen LogP contribution in [-0.4, -0.2) is 12.2 Å². The third-order valence-corrected chi connectivity index (χ3v) is 4.05. The summed E-state index contributed by atoms with van der Waals surface area (Å²) in [5.41, 5.74) is 0.948. The first-order valence-electron chi connectivity index (χ1n) is 6.94. The number of alkyl halides is 3. The molecular formula is C15H19F4N. The van der Waals surface area contributed by atoms with Crippen molar-refractivity contribution in [1.29, 1.82) is 0 Å². The molecule has 1 aromatic rings. The lowest BCUT2D eigenvalue weighted by atomic mass is 9.85. The molecule has 2 rings (SSSR count). The van der Waals surface area contributed by atoms with Crippen molar-refractivity contribution in [2.24, 2.45) is 5.92 Å².